The van der Waals surface area contributed by atoms with E-state index < -0.39 is 19.1 Å². The molecule has 3 heteroatoms. The van der Waals surface area contributed by atoms with Crippen molar-refractivity contribution in [3.63, 3.8) is 0 Å². The van der Waals surface area contributed by atoms with Crippen molar-refractivity contribution < 1.29 is 9.90 Å². The van der Waals surface area contributed by atoms with Gasteiger partial charge in [0.15, 0.2) is 0 Å². The molecular weight excluding hydrogens is 144 g/mol. The summed E-state index contributed by atoms with van der Waals surface area (Å²) in [4.78, 5) is 10.7. The molecule has 0 aromatic carbocycles. The van der Waals surface area contributed by atoms with Crippen LogP contribution in [0.15, 0.2) is 12.2 Å². The van der Waals surface area contributed by atoms with Gasteiger partial charge < -0.3 is 5.11 Å². The lowest BCUT2D eigenvalue weighted by Gasteiger charge is -2.24. The minimum Gasteiger partial charge on any atom is -0.481 e. The zero-order valence-electron chi connectivity index (χ0n) is 6.51. The second kappa shape index (κ2) is 1.72. The van der Waals surface area contributed by atoms with E-state index >= 15 is 0 Å². The van der Waals surface area contributed by atoms with Crippen LogP contribution in [0.4, 0.5) is 0 Å². The molecule has 0 aromatic rings. The minimum absolute atomic E-state index is 0.507. The quantitative estimate of drug-likeness (QED) is 0.488. The van der Waals surface area contributed by atoms with Crippen LogP contribution in [0.1, 0.15) is 0 Å². The Kier molecular flexibility index (Phi) is 1.30. The van der Waals surface area contributed by atoms with Gasteiger partial charge in [-0.3, -0.25) is 4.79 Å². The number of rotatable bonds is 2. The van der Waals surface area contributed by atoms with Gasteiger partial charge in [0, 0.05) is 0 Å². The fourth-order valence-corrected chi connectivity index (χ4v) is 2.77. The van der Waals surface area contributed by atoms with Crippen LogP contribution in [0.25, 0.3) is 0 Å². The molecule has 0 bridgehead atoms. The van der Waals surface area contributed by atoms with E-state index in [1.165, 1.54) is 0 Å². The van der Waals surface area contributed by atoms with Crippen molar-refractivity contribution >= 4 is 14.0 Å². The van der Waals surface area contributed by atoms with Crippen LogP contribution in [-0.4, -0.2) is 19.1 Å². The van der Waals surface area contributed by atoms with E-state index in [1.54, 1.807) is 0 Å². The van der Waals surface area contributed by atoms with Crippen molar-refractivity contribution in [3.05, 3.63) is 12.2 Å². The van der Waals surface area contributed by atoms with Crippen molar-refractivity contribution in [3.8, 4) is 0 Å². The van der Waals surface area contributed by atoms with Crippen LogP contribution in [0.2, 0.25) is 24.7 Å². The van der Waals surface area contributed by atoms with Gasteiger partial charge in [-0.05, 0) is 0 Å². The van der Waals surface area contributed by atoms with Gasteiger partial charge in [-0.1, -0.05) is 31.8 Å². The molecule has 1 aliphatic carbocycles. The fourth-order valence-electron chi connectivity index (χ4n) is 1.05. The number of carboxylic acid groups (broad SMARTS) is 1. The molecule has 1 rings (SSSR count). The minimum atomic E-state index is -1.55. The topological polar surface area (TPSA) is 37.3 Å². The van der Waals surface area contributed by atoms with Gasteiger partial charge in [-0.25, -0.2) is 0 Å². The van der Waals surface area contributed by atoms with Gasteiger partial charge in [0.2, 0.25) is 0 Å². The van der Waals surface area contributed by atoms with Crippen molar-refractivity contribution in [2.24, 2.45) is 0 Å². The van der Waals surface area contributed by atoms with Crippen LogP contribution >= 0.6 is 0 Å². The Morgan fingerprint density at radius 3 is 1.80 bits per heavy atom. The molecule has 10 heavy (non-hydrogen) atoms. The Labute approximate surface area is 61.6 Å². The Hall–Kier alpha value is -0.573. The van der Waals surface area contributed by atoms with Crippen LogP contribution in [0.5, 0.6) is 0 Å². The molecule has 0 atom stereocenters. The zero-order chi connectivity index (χ0) is 7.99. The molecule has 0 radical (unpaired) electrons. The van der Waals surface area contributed by atoms with E-state index in [0.717, 1.165) is 0 Å². The van der Waals surface area contributed by atoms with Gasteiger partial charge in [0.1, 0.15) is 0 Å². The molecule has 0 amide bonds. The predicted molar refractivity (Wildman–Crippen MR) is 42.8 cm³/mol. The molecule has 0 spiro atoms. The lowest BCUT2D eigenvalue weighted by Crippen LogP contribution is -2.36. The van der Waals surface area contributed by atoms with Gasteiger partial charge in [0.25, 0.3) is 0 Å². The normalized spacial score (nSPS) is 20.7. The second-order valence-electron chi connectivity index (χ2n) is 3.76. The van der Waals surface area contributed by atoms with Crippen LogP contribution in [0.3, 0.4) is 0 Å². The van der Waals surface area contributed by atoms with E-state index in [2.05, 4.69) is 19.6 Å². The average Bonchev–Trinajstić information content (AvgIpc) is 2.36. The maximum Gasteiger partial charge on any atom is 0.314 e. The second-order valence-corrected chi connectivity index (χ2v) is 9.08. The fraction of sp³-hybridized carbons (Fsp3) is 0.571. The first-order valence-electron chi connectivity index (χ1n) is 3.34. The lowest BCUT2D eigenvalue weighted by molar-refractivity contribution is -0.137. The molecule has 56 valence electrons. The third-order valence-corrected chi connectivity index (χ3v) is 5.12. The predicted octanol–water partition coefficient (Wildman–Crippen LogP) is 1.72. The summed E-state index contributed by atoms with van der Waals surface area (Å²) < 4.78 is 0. The van der Waals surface area contributed by atoms with Crippen molar-refractivity contribution in [2.45, 2.75) is 24.7 Å². The smallest absolute Gasteiger partial charge is 0.314 e. The number of aliphatic carboxylic acids is 1. The monoisotopic (exact) mass is 156 g/mol. The molecule has 0 saturated heterocycles. The van der Waals surface area contributed by atoms with Crippen molar-refractivity contribution in [1.29, 1.82) is 0 Å². The third-order valence-electron chi connectivity index (χ3n) is 2.09. The molecule has 0 saturated carbocycles. The van der Waals surface area contributed by atoms with E-state index in [0.29, 0.717) is 0 Å². The highest BCUT2D eigenvalue weighted by Gasteiger charge is 2.53. The molecule has 1 N–H and O–H groups in total. The first kappa shape index (κ1) is 7.53. The Bertz CT molecular complexity index is 194. The summed E-state index contributed by atoms with van der Waals surface area (Å²) in [6, 6.07) is 0. The Morgan fingerprint density at radius 2 is 1.80 bits per heavy atom. The Morgan fingerprint density at radius 1 is 1.40 bits per heavy atom. The van der Waals surface area contributed by atoms with Gasteiger partial charge in [0.05, 0.1) is 13.1 Å². The highest BCUT2D eigenvalue weighted by Crippen LogP contribution is 2.51. The number of hydrogen-bond acceptors (Lipinski definition) is 1. The molecule has 0 aliphatic heterocycles. The maximum absolute atomic E-state index is 10.7. The third kappa shape index (κ3) is 0.813. The summed E-state index contributed by atoms with van der Waals surface area (Å²) >= 11 is 0. The van der Waals surface area contributed by atoms with Gasteiger partial charge in [-0.15, -0.1) is 0 Å². The molecule has 0 heterocycles. The van der Waals surface area contributed by atoms with Crippen LogP contribution < -0.4 is 0 Å². The first-order valence-corrected chi connectivity index (χ1v) is 6.84. The molecule has 0 fully saturated rings. The summed E-state index contributed by atoms with van der Waals surface area (Å²) in [5.74, 6) is -0.674. The summed E-state index contributed by atoms with van der Waals surface area (Å²) in [6.07, 6.45) is 3.61. The lowest BCUT2D eigenvalue weighted by atomic mass is 10.4. The van der Waals surface area contributed by atoms with E-state index in [1.807, 2.05) is 12.2 Å². The standard InChI is InChI=1S/C7H12O2Si/c1-10(2,3)7(4-5-7)6(8)9/h4-5H,1-3H3,(H,8,9). The summed E-state index contributed by atoms with van der Waals surface area (Å²) in [7, 11) is -1.55. The van der Waals surface area contributed by atoms with Crippen molar-refractivity contribution in [2.75, 3.05) is 0 Å². The highest BCUT2D eigenvalue weighted by atomic mass is 28.3. The Balaban J connectivity index is 2.81. The summed E-state index contributed by atoms with van der Waals surface area (Å²) in [5, 5.41) is 8.30. The summed E-state index contributed by atoms with van der Waals surface area (Å²) in [5.41, 5.74) is 0. The highest BCUT2D eigenvalue weighted by molar-refractivity contribution is 6.84. The van der Waals surface area contributed by atoms with Crippen LogP contribution in [0, 0.1) is 0 Å². The van der Waals surface area contributed by atoms with E-state index in [9.17, 15) is 4.79 Å². The largest absolute Gasteiger partial charge is 0.481 e. The van der Waals surface area contributed by atoms with E-state index in [-0.39, 0.29) is 0 Å². The van der Waals surface area contributed by atoms with E-state index in [4.69, 9.17) is 5.11 Å². The number of hydrogen-bond donors (Lipinski definition) is 1. The van der Waals surface area contributed by atoms with Gasteiger partial charge in [-0.2, -0.15) is 0 Å². The zero-order valence-corrected chi connectivity index (χ0v) is 7.51. The SMILES string of the molecule is C[Si](C)(C)C1(C(=O)O)C=C1. The maximum atomic E-state index is 10.7. The first-order chi connectivity index (χ1) is 4.40. The van der Waals surface area contributed by atoms with Gasteiger partial charge >= 0.3 is 5.97 Å². The van der Waals surface area contributed by atoms with Crippen molar-refractivity contribution in [1.82, 2.24) is 0 Å². The molecular formula is C7H12O2Si. The molecule has 1 aliphatic rings. The molecule has 0 aromatic heterocycles. The van der Waals surface area contributed by atoms with Crippen LogP contribution in [-0.2, 0) is 4.79 Å². The molecule has 2 nitrogen and oxygen atoms in total. The number of carbonyl (C=O) groups is 1. The molecule has 0 unspecified atom stereocenters. The average molecular weight is 156 g/mol. The summed E-state index contributed by atoms with van der Waals surface area (Å²) in [6.45, 7) is 6.21. The number of carboxylic acids is 1.